The molecule has 1 aliphatic heterocycles. The first-order chi connectivity index (χ1) is 10.1. The van der Waals surface area contributed by atoms with E-state index in [1.165, 1.54) is 0 Å². The van der Waals surface area contributed by atoms with Gasteiger partial charge in [0.15, 0.2) is 0 Å². The third kappa shape index (κ3) is 3.55. The average molecular weight is 311 g/mol. The Labute approximate surface area is 128 Å². The molecule has 0 saturated carbocycles. The van der Waals surface area contributed by atoms with Gasteiger partial charge < -0.3 is 10.2 Å². The van der Waals surface area contributed by atoms with Crippen LogP contribution in [-0.4, -0.2) is 45.5 Å². The summed E-state index contributed by atoms with van der Waals surface area (Å²) < 4.78 is 0. The van der Waals surface area contributed by atoms with Gasteiger partial charge in [-0.3, -0.25) is 10.1 Å². The van der Waals surface area contributed by atoms with E-state index in [-0.39, 0.29) is 10.6 Å². The van der Waals surface area contributed by atoms with Gasteiger partial charge in [-0.25, -0.2) is 4.98 Å². The predicted molar refractivity (Wildman–Crippen MR) is 86.3 cm³/mol. The fourth-order valence-electron chi connectivity index (χ4n) is 2.38. The molecule has 1 atom stereocenters. The molecule has 1 aliphatic rings. The van der Waals surface area contributed by atoms with Crippen molar-refractivity contribution in [1.29, 1.82) is 0 Å². The van der Waals surface area contributed by atoms with Crippen molar-refractivity contribution >= 4 is 29.2 Å². The van der Waals surface area contributed by atoms with Crippen LogP contribution in [0.25, 0.3) is 0 Å². The molecule has 7 nitrogen and oxygen atoms in total. The van der Waals surface area contributed by atoms with Crippen LogP contribution in [0, 0.1) is 17.0 Å². The average Bonchev–Trinajstić information content (AvgIpc) is 2.46. The molecule has 1 aromatic rings. The van der Waals surface area contributed by atoms with E-state index in [1.807, 2.05) is 23.6 Å². The quantitative estimate of drug-likeness (QED) is 0.660. The molecule has 21 heavy (non-hydrogen) atoms. The molecular weight excluding hydrogens is 290 g/mol. The second kappa shape index (κ2) is 6.93. The molecule has 0 amide bonds. The highest BCUT2D eigenvalue weighted by Gasteiger charge is 2.29. The lowest BCUT2D eigenvalue weighted by Crippen LogP contribution is -2.38. The van der Waals surface area contributed by atoms with E-state index in [9.17, 15) is 10.1 Å². The highest BCUT2D eigenvalue weighted by atomic mass is 32.2. The highest BCUT2D eigenvalue weighted by molar-refractivity contribution is 8.00. The Morgan fingerprint density at radius 2 is 2.24 bits per heavy atom. The first-order valence-corrected chi connectivity index (χ1v) is 8.25. The van der Waals surface area contributed by atoms with Gasteiger partial charge >= 0.3 is 5.69 Å². The van der Waals surface area contributed by atoms with Gasteiger partial charge in [0.2, 0.25) is 11.8 Å². The first kappa shape index (κ1) is 15.8. The molecule has 2 rings (SSSR count). The lowest BCUT2D eigenvalue weighted by atomic mass is 10.2. The van der Waals surface area contributed by atoms with Crippen molar-refractivity contribution in [2.24, 2.45) is 0 Å². The summed E-state index contributed by atoms with van der Waals surface area (Å²) in [5.74, 6) is 1.87. The van der Waals surface area contributed by atoms with Crippen molar-refractivity contribution in [2.45, 2.75) is 32.4 Å². The van der Waals surface area contributed by atoms with Crippen LogP contribution in [0.3, 0.4) is 0 Å². The minimum Gasteiger partial charge on any atom is -0.354 e. The Bertz CT molecular complexity index is 526. The molecule has 0 bridgehead atoms. The molecule has 0 aromatic carbocycles. The van der Waals surface area contributed by atoms with Crippen LogP contribution in [0.15, 0.2) is 0 Å². The minimum atomic E-state index is -0.372. The summed E-state index contributed by atoms with van der Waals surface area (Å²) in [7, 11) is 0. The van der Waals surface area contributed by atoms with Crippen LogP contribution in [0.5, 0.6) is 0 Å². The van der Waals surface area contributed by atoms with E-state index in [4.69, 9.17) is 0 Å². The number of aryl methyl sites for hydroxylation is 1. The zero-order chi connectivity index (χ0) is 15.4. The monoisotopic (exact) mass is 311 g/mol. The standard InChI is InChI=1S/C13H21N5O2S/c1-4-10-8-17(6-7-21-10)12-11(18(19)20)9(3)15-13(16-12)14-5-2/h10H,4-8H2,1-3H3,(H,14,15,16). The number of aromatic nitrogens is 2. The predicted octanol–water partition coefficient (Wildman–Crippen LogP) is 2.46. The van der Waals surface area contributed by atoms with Gasteiger partial charge in [-0.2, -0.15) is 16.7 Å². The van der Waals surface area contributed by atoms with Crippen LogP contribution in [0.1, 0.15) is 26.0 Å². The molecule has 1 fully saturated rings. The SMILES string of the molecule is CCNc1nc(C)c([N+](=O)[O-])c(N2CCSC(CC)C2)n1. The largest absolute Gasteiger partial charge is 0.354 e. The molecule has 1 unspecified atom stereocenters. The number of nitrogens with zero attached hydrogens (tertiary/aromatic N) is 4. The van der Waals surface area contributed by atoms with Crippen molar-refractivity contribution < 1.29 is 4.92 Å². The minimum absolute atomic E-state index is 0.0263. The van der Waals surface area contributed by atoms with Crippen molar-refractivity contribution in [3.05, 3.63) is 15.8 Å². The molecule has 8 heteroatoms. The zero-order valence-corrected chi connectivity index (χ0v) is 13.4. The second-order valence-electron chi connectivity index (χ2n) is 4.94. The third-order valence-electron chi connectivity index (χ3n) is 3.45. The maximum atomic E-state index is 11.4. The number of hydrogen-bond donors (Lipinski definition) is 1. The fourth-order valence-corrected chi connectivity index (χ4v) is 3.56. The van der Waals surface area contributed by atoms with Crippen molar-refractivity contribution in [2.75, 3.05) is 35.6 Å². The Balaban J connectivity index is 2.41. The van der Waals surface area contributed by atoms with Gasteiger partial charge in [-0.15, -0.1) is 0 Å². The van der Waals surface area contributed by atoms with Crippen LogP contribution >= 0.6 is 11.8 Å². The summed E-state index contributed by atoms with van der Waals surface area (Å²) in [5.41, 5.74) is 0.436. The molecule has 1 aromatic heterocycles. The summed E-state index contributed by atoms with van der Waals surface area (Å²) in [6, 6.07) is 0. The summed E-state index contributed by atoms with van der Waals surface area (Å²) >= 11 is 1.92. The molecule has 0 spiro atoms. The number of hydrogen-bond acceptors (Lipinski definition) is 7. The Morgan fingerprint density at radius 1 is 1.48 bits per heavy atom. The molecular formula is C13H21N5O2S. The van der Waals surface area contributed by atoms with Gasteiger partial charge in [0.25, 0.3) is 0 Å². The maximum absolute atomic E-state index is 11.4. The van der Waals surface area contributed by atoms with E-state index in [2.05, 4.69) is 22.2 Å². The number of nitrogens with one attached hydrogen (secondary N) is 1. The highest BCUT2D eigenvalue weighted by Crippen LogP contribution is 2.33. The summed E-state index contributed by atoms with van der Waals surface area (Å²) in [4.78, 5) is 21.6. The van der Waals surface area contributed by atoms with E-state index >= 15 is 0 Å². The lowest BCUT2D eigenvalue weighted by Gasteiger charge is -2.32. The summed E-state index contributed by atoms with van der Waals surface area (Å²) in [5, 5.41) is 14.9. The van der Waals surface area contributed by atoms with E-state index in [0.29, 0.717) is 29.3 Å². The lowest BCUT2D eigenvalue weighted by molar-refractivity contribution is -0.385. The number of nitro groups is 1. The molecule has 2 heterocycles. The molecule has 0 aliphatic carbocycles. The summed E-state index contributed by atoms with van der Waals surface area (Å²) in [6.07, 6.45) is 1.05. The number of thioether (sulfide) groups is 1. The van der Waals surface area contributed by atoms with E-state index in [0.717, 1.165) is 25.3 Å². The number of anilines is 2. The first-order valence-electron chi connectivity index (χ1n) is 7.20. The Hall–Kier alpha value is -1.57. The maximum Gasteiger partial charge on any atom is 0.332 e. The normalized spacial score (nSPS) is 18.6. The smallest absolute Gasteiger partial charge is 0.332 e. The van der Waals surface area contributed by atoms with E-state index < -0.39 is 0 Å². The number of rotatable bonds is 5. The second-order valence-corrected chi connectivity index (χ2v) is 6.35. The van der Waals surface area contributed by atoms with Crippen LogP contribution in [0.2, 0.25) is 0 Å². The summed E-state index contributed by atoms with van der Waals surface area (Å²) in [6.45, 7) is 8.02. The fraction of sp³-hybridized carbons (Fsp3) is 0.692. The third-order valence-corrected chi connectivity index (χ3v) is 4.82. The topological polar surface area (TPSA) is 84.2 Å². The van der Waals surface area contributed by atoms with Gasteiger partial charge in [-0.05, 0) is 20.3 Å². The van der Waals surface area contributed by atoms with Crippen LogP contribution in [-0.2, 0) is 0 Å². The molecule has 0 radical (unpaired) electrons. The van der Waals surface area contributed by atoms with Gasteiger partial charge in [0.05, 0.1) is 4.92 Å². The Morgan fingerprint density at radius 3 is 2.86 bits per heavy atom. The van der Waals surface area contributed by atoms with Crippen molar-refractivity contribution in [3.8, 4) is 0 Å². The van der Waals surface area contributed by atoms with Gasteiger partial charge in [0.1, 0.15) is 5.69 Å². The molecule has 1 saturated heterocycles. The van der Waals surface area contributed by atoms with Crippen LogP contribution < -0.4 is 10.2 Å². The van der Waals surface area contributed by atoms with Gasteiger partial charge in [-0.1, -0.05) is 6.92 Å². The molecule has 116 valence electrons. The Kier molecular flexibility index (Phi) is 5.22. The van der Waals surface area contributed by atoms with Crippen LogP contribution in [0.4, 0.5) is 17.5 Å². The molecule has 1 N–H and O–H groups in total. The van der Waals surface area contributed by atoms with Crippen molar-refractivity contribution in [1.82, 2.24) is 9.97 Å². The van der Waals surface area contributed by atoms with Gasteiger partial charge in [0, 0.05) is 30.6 Å². The van der Waals surface area contributed by atoms with E-state index in [1.54, 1.807) is 6.92 Å². The zero-order valence-electron chi connectivity index (χ0n) is 12.6. The van der Waals surface area contributed by atoms with Crippen molar-refractivity contribution in [3.63, 3.8) is 0 Å².